The maximum absolute atomic E-state index is 12.2. The molecule has 0 radical (unpaired) electrons. The molecule has 3 aromatic rings. The number of hydrogen-bond acceptors (Lipinski definition) is 5. The summed E-state index contributed by atoms with van der Waals surface area (Å²) in [5.41, 5.74) is 3.12. The van der Waals surface area contributed by atoms with Crippen molar-refractivity contribution in [3.8, 4) is 0 Å². The third-order valence-corrected chi connectivity index (χ3v) is 4.90. The minimum atomic E-state index is 0.0449. The Bertz CT molecular complexity index is 901. The number of benzene rings is 1. The lowest BCUT2D eigenvalue weighted by Gasteiger charge is -2.36. The van der Waals surface area contributed by atoms with Crippen LogP contribution in [0.2, 0.25) is 0 Å². The van der Waals surface area contributed by atoms with Crippen LogP contribution in [-0.2, 0) is 11.3 Å². The molecule has 27 heavy (non-hydrogen) atoms. The van der Waals surface area contributed by atoms with Gasteiger partial charge in [0.2, 0.25) is 5.91 Å². The molecule has 1 fully saturated rings. The second-order valence-corrected chi connectivity index (χ2v) is 6.71. The molecule has 6 nitrogen and oxygen atoms in total. The van der Waals surface area contributed by atoms with Crippen LogP contribution in [0.25, 0.3) is 10.9 Å². The van der Waals surface area contributed by atoms with Gasteiger partial charge < -0.3 is 10.2 Å². The fraction of sp³-hybridized carbons (Fsp3) is 0.286. The molecule has 138 valence electrons. The topological polar surface area (TPSA) is 61.4 Å². The number of carbonyl (C=O) groups excluding carboxylic acids is 1. The van der Waals surface area contributed by atoms with Crippen LogP contribution in [0.3, 0.4) is 0 Å². The third kappa shape index (κ3) is 4.23. The number of para-hydroxylation sites is 1. The number of pyridine rings is 2. The van der Waals surface area contributed by atoms with Crippen molar-refractivity contribution in [1.29, 1.82) is 0 Å². The molecule has 0 unspecified atom stereocenters. The Balaban J connectivity index is 1.30. The first-order valence-electron chi connectivity index (χ1n) is 9.27. The fourth-order valence-electron chi connectivity index (χ4n) is 3.45. The summed E-state index contributed by atoms with van der Waals surface area (Å²) in [7, 11) is 0. The van der Waals surface area contributed by atoms with Crippen LogP contribution < -0.4 is 10.2 Å². The highest BCUT2D eigenvalue weighted by Gasteiger charge is 2.20. The minimum Gasteiger partial charge on any atom is -0.368 e. The van der Waals surface area contributed by atoms with E-state index in [-0.39, 0.29) is 5.91 Å². The highest BCUT2D eigenvalue weighted by Crippen LogP contribution is 2.25. The molecule has 2 aromatic heterocycles. The van der Waals surface area contributed by atoms with Crippen molar-refractivity contribution < 1.29 is 4.79 Å². The van der Waals surface area contributed by atoms with Crippen molar-refractivity contribution in [3.63, 3.8) is 0 Å². The Labute approximate surface area is 158 Å². The molecular weight excluding hydrogens is 338 g/mol. The number of hydrogen-bond donors (Lipinski definition) is 1. The molecule has 1 saturated heterocycles. The third-order valence-electron chi connectivity index (χ3n) is 4.90. The Morgan fingerprint density at radius 1 is 0.926 bits per heavy atom. The van der Waals surface area contributed by atoms with Crippen molar-refractivity contribution in [2.45, 2.75) is 6.54 Å². The standard InChI is InChI=1S/C21H23N5O/c27-21(24-15-17-5-3-4-9-22-17)16-25-11-13-26(14-12-25)20-8-10-23-19-7-2-1-6-18(19)20/h1-10H,11-16H2,(H,24,27). The van der Waals surface area contributed by atoms with Crippen molar-refractivity contribution in [1.82, 2.24) is 20.2 Å². The Morgan fingerprint density at radius 3 is 2.56 bits per heavy atom. The first-order valence-corrected chi connectivity index (χ1v) is 9.27. The summed E-state index contributed by atoms with van der Waals surface area (Å²) >= 11 is 0. The van der Waals surface area contributed by atoms with E-state index in [4.69, 9.17) is 0 Å². The van der Waals surface area contributed by atoms with Crippen LogP contribution in [0.4, 0.5) is 5.69 Å². The summed E-state index contributed by atoms with van der Waals surface area (Å²) in [6, 6.07) is 16.0. The Kier molecular flexibility index (Phi) is 5.25. The van der Waals surface area contributed by atoms with E-state index in [1.165, 1.54) is 11.1 Å². The predicted molar refractivity (Wildman–Crippen MR) is 106 cm³/mol. The summed E-state index contributed by atoms with van der Waals surface area (Å²) in [6.07, 6.45) is 3.61. The van der Waals surface area contributed by atoms with E-state index in [1.54, 1.807) is 6.20 Å². The minimum absolute atomic E-state index is 0.0449. The average molecular weight is 361 g/mol. The molecule has 1 aromatic carbocycles. The smallest absolute Gasteiger partial charge is 0.234 e. The molecule has 1 aliphatic heterocycles. The largest absolute Gasteiger partial charge is 0.368 e. The number of carbonyl (C=O) groups is 1. The van der Waals surface area contributed by atoms with Gasteiger partial charge in [-0.25, -0.2) is 0 Å². The summed E-state index contributed by atoms with van der Waals surface area (Å²) in [6.45, 7) is 4.45. The normalized spacial score (nSPS) is 15.0. The number of piperazine rings is 1. The van der Waals surface area contributed by atoms with Gasteiger partial charge in [-0.1, -0.05) is 24.3 Å². The number of anilines is 1. The molecule has 0 spiro atoms. The Hall–Kier alpha value is -2.99. The molecule has 1 aliphatic rings. The second kappa shape index (κ2) is 8.14. The van der Waals surface area contributed by atoms with Gasteiger partial charge in [0.15, 0.2) is 0 Å². The predicted octanol–water partition coefficient (Wildman–Crippen LogP) is 2.07. The van der Waals surface area contributed by atoms with E-state index in [0.29, 0.717) is 13.1 Å². The van der Waals surface area contributed by atoms with Gasteiger partial charge in [-0.3, -0.25) is 19.7 Å². The van der Waals surface area contributed by atoms with Gasteiger partial charge in [0, 0.05) is 49.6 Å². The van der Waals surface area contributed by atoms with Crippen molar-refractivity contribution >= 4 is 22.5 Å². The zero-order valence-corrected chi connectivity index (χ0v) is 15.2. The summed E-state index contributed by atoms with van der Waals surface area (Å²) in [5, 5.41) is 4.13. The van der Waals surface area contributed by atoms with Crippen LogP contribution in [0.5, 0.6) is 0 Å². The number of nitrogens with zero attached hydrogens (tertiary/aromatic N) is 4. The highest BCUT2D eigenvalue weighted by molar-refractivity contribution is 5.91. The monoisotopic (exact) mass is 361 g/mol. The van der Waals surface area contributed by atoms with Gasteiger partial charge in [-0.05, 0) is 24.3 Å². The van der Waals surface area contributed by atoms with E-state index in [9.17, 15) is 4.79 Å². The van der Waals surface area contributed by atoms with Gasteiger partial charge in [0.1, 0.15) is 0 Å². The zero-order valence-electron chi connectivity index (χ0n) is 15.2. The summed E-state index contributed by atoms with van der Waals surface area (Å²) < 4.78 is 0. The summed E-state index contributed by atoms with van der Waals surface area (Å²) in [4.78, 5) is 25.5. The van der Waals surface area contributed by atoms with Crippen molar-refractivity contribution in [3.05, 3.63) is 66.6 Å². The van der Waals surface area contributed by atoms with Crippen LogP contribution in [0, 0.1) is 0 Å². The molecule has 1 amide bonds. The molecule has 0 saturated carbocycles. The van der Waals surface area contributed by atoms with E-state index in [2.05, 4.69) is 43.3 Å². The van der Waals surface area contributed by atoms with Crippen LogP contribution >= 0.6 is 0 Å². The number of aromatic nitrogens is 2. The number of fused-ring (bicyclic) bond motifs is 1. The quantitative estimate of drug-likeness (QED) is 0.754. The number of rotatable bonds is 5. The van der Waals surface area contributed by atoms with E-state index in [0.717, 1.165) is 37.4 Å². The van der Waals surface area contributed by atoms with Gasteiger partial charge in [0.25, 0.3) is 0 Å². The SMILES string of the molecule is O=C(CN1CCN(c2ccnc3ccccc23)CC1)NCc1ccccn1. The van der Waals surface area contributed by atoms with Crippen molar-refractivity contribution in [2.24, 2.45) is 0 Å². The molecule has 0 bridgehead atoms. The van der Waals surface area contributed by atoms with E-state index >= 15 is 0 Å². The first-order chi connectivity index (χ1) is 13.3. The maximum Gasteiger partial charge on any atom is 0.234 e. The lowest BCUT2D eigenvalue weighted by atomic mass is 10.1. The second-order valence-electron chi connectivity index (χ2n) is 6.71. The molecule has 0 aliphatic carbocycles. The maximum atomic E-state index is 12.2. The first kappa shape index (κ1) is 17.4. The number of nitrogens with one attached hydrogen (secondary N) is 1. The van der Waals surface area contributed by atoms with Gasteiger partial charge in [-0.15, -0.1) is 0 Å². The molecule has 3 heterocycles. The van der Waals surface area contributed by atoms with Gasteiger partial charge >= 0.3 is 0 Å². The van der Waals surface area contributed by atoms with E-state index in [1.807, 2.05) is 36.5 Å². The average Bonchev–Trinajstić information content (AvgIpc) is 2.73. The lowest BCUT2D eigenvalue weighted by molar-refractivity contribution is -0.122. The van der Waals surface area contributed by atoms with Crippen LogP contribution in [-0.4, -0.2) is 53.5 Å². The lowest BCUT2D eigenvalue weighted by Crippen LogP contribution is -2.49. The number of amides is 1. The van der Waals surface area contributed by atoms with E-state index < -0.39 is 0 Å². The molecule has 4 rings (SSSR count). The fourth-order valence-corrected chi connectivity index (χ4v) is 3.45. The summed E-state index contributed by atoms with van der Waals surface area (Å²) in [5.74, 6) is 0.0449. The molecule has 0 atom stereocenters. The van der Waals surface area contributed by atoms with Gasteiger partial charge in [-0.2, -0.15) is 0 Å². The van der Waals surface area contributed by atoms with Crippen LogP contribution in [0.15, 0.2) is 60.9 Å². The zero-order chi connectivity index (χ0) is 18.5. The molecule has 6 heteroatoms. The van der Waals surface area contributed by atoms with Crippen LogP contribution in [0.1, 0.15) is 5.69 Å². The highest BCUT2D eigenvalue weighted by atomic mass is 16.2. The Morgan fingerprint density at radius 2 is 1.74 bits per heavy atom. The van der Waals surface area contributed by atoms with Gasteiger partial charge in [0.05, 0.1) is 24.3 Å². The molecular formula is C21H23N5O. The van der Waals surface area contributed by atoms with Crippen molar-refractivity contribution in [2.75, 3.05) is 37.6 Å². The molecule has 1 N–H and O–H groups in total.